The highest BCUT2D eigenvalue weighted by Gasteiger charge is 1.98. The molecule has 0 amide bonds. The molecule has 4 heteroatoms. The Labute approximate surface area is 129 Å². The van der Waals surface area contributed by atoms with Crippen LogP contribution in [0, 0.1) is 11.2 Å². The van der Waals surface area contributed by atoms with Gasteiger partial charge in [-0.05, 0) is 49.2 Å². The summed E-state index contributed by atoms with van der Waals surface area (Å²) in [5.41, 5.74) is 1.02. The second-order valence-electron chi connectivity index (χ2n) is 3.95. The lowest BCUT2D eigenvalue weighted by molar-refractivity contribution is 0.234. The third-order valence-electron chi connectivity index (χ3n) is 2.62. The first kappa shape index (κ1) is 14.5. The number of aliphatic hydroxyl groups is 1. The fourth-order valence-corrected chi connectivity index (χ4v) is 2.21. The van der Waals surface area contributed by atoms with E-state index < -0.39 is 0 Å². The normalized spacial score (nSPS) is 10.0. The van der Waals surface area contributed by atoms with Gasteiger partial charge in [0.15, 0.2) is 0 Å². The summed E-state index contributed by atoms with van der Waals surface area (Å²) in [6.07, 6.45) is 0.653. The summed E-state index contributed by atoms with van der Waals surface area (Å²) in [4.78, 5) is 0. The molecule has 0 aliphatic rings. The van der Waals surface area contributed by atoms with Crippen LogP contribution in [0.1, 0.15) is 12.0 Å². The first-order valence-corrected chi connectivity index (χ1v) is 9.25. The zero-order valence-electron chi connectivity index (χ0n) is 10.2. The Bertz CT molecular complexity index is 616. The van der Waals surface area contributed by atoms with Gasteiger partial charge in [0.25, 0.3) is 0 Å². The minimum absolute atomic E-state index is 0.157. The van der Waals surface area contributed by atoms with E-state index in [0.717, 1.165) is 22.1 Å². The second-order valence-corrected chi connectivity index (χ2v) is 5.63. The van der Waals surface area contributed by atoms with Crippen LogP contribution in [0.2, 0.25) is 0 Å². The Morgan fingerprint density at radius 2 is 1.95 bits per heavy atom. The largest absolute Gasteiger partial charge is 0.493 e. The molecule has 19 heavy (non-hydrogen) atoms. The van der Waals surface area contributed by atoms with Crippen molar-refractivity contribution in [3.05, 3.63) is 42.0 Å². The molecule has 0 aliphatic carbocycles. The summed E-state index contributed by atoms with van der Waals surface area (Å²) in [5, 5.41) is 14.0. The van der Waals surface area contributed by atoms with Gasteiger partial charge < -0.3 is 9.84 Å². The van der Waals surface area contributed by atoms with Crippen LogP contribution in [-0.4, -0.2) is 18.3 Å². The minimum Gasteiger partial charge on any atom is -0.493 e. The molecule has 0 radical (unpaired) electrons. The molecule has 98 valence electrons. The lowest BCUT2D eigenvalue weighted by atomic mass is 10.1. The molecule has 0 bridgehead atoms. The van der Waals surface area contributed by atoms with Gasteiger partial charge in [0.05, 0.1) is 6.61 Å². The molecule has 2 rings (SSSR count). The topological polar surface area (TPSA) is 29.5 Å². The Morgan fingerprint density at radius 3 is 2.74 bits per heavy atom. The third-order valence-corrected chi connectivity index (χ3v) is 3.46. The van der Waals surface area contributed by atoms with Crippen molar-refractivity contribution in [2.24, 2.45) is 0 Å². The molecule has 2 nitrogen and oxygen atoms in total. The summed E-state index contributed by atoms with van der Waals surface area (Å²) in [6, 6.07) is 12.1. The standard InChI is InChI=1S/C15H13IO2S/c16-19-9-6-12-2-3-14-11-15(18-8-1-7-17)5-4-13(14)10-12/h2-5,10-11,17H,1,7-8H2. The average Bonchev–Trinajstić information content (AvgIpc) is 2.45. The summed E-state index contributed by atoms with van der Waals surface area (Å²) in [5.74, 6) is 3.93. The number of benzene rings is 2. The van der Waals surface area contributed by atoms with E-state index in [-0.39, 0.29) is 6.61 Å². The van der Waals surface area contributed by atoms with Crippen LogP contribution >= 0.6 is 30.1 Å². The highest BCUT2D eigenvalue weighted by molar-refractivity contribution is 14.2. The third kappa shape index (κ3) is 4.30. The van der Waals surface area contributed by atoms with E-state index >= 15 is 0 Å². The SMILES string of the molecule is OCCCOc1ccc2cc(C#CSI)ccc2c1. The van der Waals surface area contributed by atoms with Crippen LogP contribution in [0.25, 0.3) is 10.8 Å². The van der Waals surface area contributed by atoms with E-state index in [0.29, 0.717) is 13.0 Å². The van der Waals surface area contributed by atoms with E-state index in [9.17, 15) is 0 Å². The van der Waals surface area contributed by atoms with Crippen molar-refractivity contribution >= 4 is 40.9 Å². The fraction of sp³-hybridized carbons (Fsp3) is 0.200. The predicted octanol–water partition coefficient (Wildman–Crippen LogP) is 3.99. The van der Waals surface area contributed by atoms with Crippen molar-refractivity contribution in [3.63, 3.8) is 0 Å². The van der Waals surface area contributed by atoms with Crippen LogP contribution in [0.5, 0.6) is 5.75 Å². The van der Waals surface area contributed by atoms with Crippen molar-refractivity contribution in [2.45, 2.75) is 6.42 Å². The average molecular weight is 384 g/mol. The van der Waals surface area contributed by atoms with Gasteiger partial charge in [-0.15, -0.1) is 0 Å². The first-order chi connectivity index (χ1) is 9.33. The van der Waals surface area contributed by atoms with Crippen molar-refractivity contribution in [2.75, 3.05) is 13.2 Å². The molecule has 0 saturated carbocycles. The molecule has 0 saturated heterocycles. The molecule has 0 fully saturated rings. The quantitative estimate of drug-likeness (QED) is 0.491. The van der Waals surface area contributed by atoms with Crippen molar-refractivity contribution < 1.29 is 9.84 Å². The lowest BCUT2D eigenvalue weighted by Gasteiger charge is -2.06. The number of aliphatic hydroxyl groups excluding tert-OH is 1. The van der Waals surface area contributed by atoms with E-state index in [1.54, 1.807) is 0 Å². The van der Waals surface area contributed by atoms with Crippen molar-refractivity contribution in [1.82, 2.24) is 0 Å². The van der Waals surface area contributed by atoms with E-state index in [1.807, 2.05) is 24.3 Å². The van der Waals surface area contributed by atoms with Crippen molar-refractivity contribution in [1.29, 1.82) is 0 Å². The zero-order valence-corrected chi connectivity index (χ0v) is 13.2. The monoisotopic (exact) mass is 384 g/mol. The molecular formula is C15H13IO2S. The van der Waals surface area contributed by atoms with Gasteiger partial charge in [0.2, 0.25) is 0 Å². The molecule has 2 aromatic carbocycles. The van der Waals surface area contributed by atoms with Crippen LogP contribution in [0.4, 0.5) is 0 Å². The van der Waals surface area contributed by atoms with Gasteiger partial charge in [-0.2, -0.15) is 0 Å². The Morgan fingerprint density at radius 1 is 1.16 bits per heavy atom. The number of rotatable bonds is 4. The predicted molar refractivity (Wildman–Crippen MR) is 89.6 cm³/mol. The molecular weight excluding hydrogens is 371 g/mol. The van der Waals surface area contributed by atoms with E-state index in [2.05, 4.69) is 44.5 Å². The van der Waals surface area contributed by atoms with Gasteiger partial charge in [-0.3, -0.25) is 0 Å². The summed E-state index contributed by atoms with van der Waals surface area (Å²) in [7, 11) is 1.48. The highest BCUT2D eigenvalue weighted by Crippen LogP contribution is 2.22. The smallest absolute Gasteiger partial charge is 0.119 e. The van der Waals surface area contributed by atoms with Gasteiger partial charge >= 0.3 is 0 Å². The molecule has 0 aliphatic heterocycles. The number of fused-ring (bicyclic) bond motifs is 1. The maximum atomic E-state index is 8.72. The summed E-state index contributed by atoms with van der Waals surface area (Å²) >= 11 is 2.16. The molecule has 2 aromatic rings. The first-order valence-electron chi connectivity index (χ1n) is 5.89. The van der Waals surface area contributed by atoms with Crippen LogP contribution in [-0.2, 0) is 0 Å². The highest BCUT2D eigenvalue weighted by atomic mass is 127. The van der Waals surface area contributed by atoms with E-state index in [4.69, 9.17) is 9.84 Å². The fourth-order valence-electron chi connectivity index (χ4n) is 1.72. The van der Waals surface area contributed by atoms with Gasteiger partial charge in [-0.25, -0.2) is 0 Å². The lowest BCUT2D eigenvalue weighted by Crippen LogP contribution is -1.99. The van der Waals surface area contributed by atoms with Gasteiger partial charge in [0, 0.05) is 39.8 Å². The minimum atomic E-state index is 0.157. The maximum Gasteiger partial charge on any atom is 0.119 e. The Hall–Kier alpha value is -0.900. The number of ether oxygens (including phenoxy) is 1. The zero-order chi connectivity index (χ0) is 13.5. The number of hydrogen-bond acceptors (Lipinski definition) is 3. The molecule has 0 atom stereocenters. The van der Waals surface area contributed by atoms with Crippen LogP contribution in [0.3, 0.4) is 0 Å². The van der Waals surface area contributed by atoms with Gasteiger partial charge in [0.1, 0.15) is 5.75 Å². The number of halogens is 1. The molecule has 0 spiro atoms. The van der Waals surface area contributed by atoms with Crippen LogP contribution < -0.4 is 4.74 Å². The molecule has 0 unspecified atom stereocenters. The van der Waals surface area contributed by atoms with Crippen LogP contribution in [0.15, 0.2) is 36.4 Å². The summed E-state index contributed by atoms with van der Waals surface area (Å²) < 4.78 is 5.56. The summed E-state index contributed by atoms with van der Waals surface area (Å²) in [6.45, 7) is 0.697. The molecule has 0 heterocycles. The van der Waals surface area contributed by atoms with E-state index in [1.165, 1.54) is 8.93 Å². The van der Waals surface area contributed by atoms with Crippen molar-refractivity contribution in [3.8, 4) is 16.9 Å². The Kier molecular flexibility index (Phi) is 5.83. The maximum absolute atomic E-state index is 8.72. The number of hydrogen-bond donors (Lipinski definition) is 1. The Balaban J connectivity index is 2.20. The second kappa shape index (κ2) is 7.63. The van der Waals surface area contributed by atoms with Gasteiger partial charge in [-0.1, -0.05) is 18.1 Å². The molecule has 1 N–H and O–H groups in total. The molecule has 0 aromatic heterocycles.